The molecule has 6 nitrogen and oxygen atoms in total. The predicted octanol–water partition coefficient (Wildman–Crippen LogP) is 20.7. The molecular weight excluding hydrogens is 853 g/mol. The van der Waals surface area contributed by atoms with Crippen LogP contribution in [0.25, 0.3) is 0 Å². The molecule has 0 saturated carbocycles. The van der Waals surface area contributed by atoms with Crippen molar-refractivity contribution in [2.75, 3.05) is 13.2 Å². The van der Waals surface area contributed by atoms with Crippen molar-refractivity contribution in [3.8, 4) is 0 Å². The van der Waals surface area contributed by atoms with Gasteiger partial charge in [0.05, 0.1) is 0 Å². The van der Waals surface area contributed by atoms with E-state index in [9.17, 15) is 14.4 Å². The van der Waals surface area contributed by atoms with Crippen molar-refractivity contribution in [3.63, 3.8) is 0 Å². The van der Waals surface area contributed by atoms with Crippen molar-refractivity contribution in [2.45, 2.75) is 348 Å². The summed E-state index contributed by atoms with van der Waals surface area (Å²) in [5, 5.41) is 0. The molecule has 0 aliphatic carbocycles. The predicted molar refractivity (Wildman–Crippen MR) is 298 cm³/mol. The molecule has 0 fully saturated rings. The molecule has 6 heteroatoms. The average molecular weight is 972 g/mol. The van der Waals surface area contributed by atoms with Crippen LogP contribution in [-0.4, -0.2) is 37.2 Å². The summed E-state index contributed by atoms with van der Waals surface area (Å²) >= 11 is 0. The van der Waals surface area contributed by atoms with Gasteiger partial charge in [-0.15, -0.1) is 0 Å². The molecule has 69 heavy (non-hydrogen) atoms. The van der Waals surface area contributed by atoms with Gasteiger partial charge in [-0.05, 0) is 64.2 Å². The molecule has 0 radical (unpaired) electrons. The van der Waals surface area contributed by atoms with Gasteiger partial charge in [0.1, 0.15) is 13.2 Å². The Morgan fingerprint density at radius 2 is 0.493 bits per heavy atom. The van der Waals surface area contributed by atoms with E-state index < -0.39 is 6.10 Å². The highest BCUT2D eigenvalue weighted by Crippen LogP contribution is 2.17. The molecule has 0 heterocycles. The van der Waals surface area contributed by atoms with Crippen LogP contribution in [0.15, 0.2) is 24.3 Å². The standard InChI is InChI=1S/C63H118O6/c1-4-7-10-13-16-19-22-24-26-28-30-31-33-34-36-38-41-44-47-50-53-56-62(65)68-59-60(58-67-61(64)55-52-49-46-43-40-21-18-15-12-9-6-3)69-63(66)57-54-51-48-45-42-39-37-35-32-29-27-25-23-20-17-14-11-8-5-2/h15,18,24,26,60H,4-14,16-17,19-23,25,27-59H2,1-3H3/b18-15-,26-24-/t60-/m0/s1. The van der Waals surface area contributed by atoms with Crippen LogP contribution in [0.5, 0.6) is 0 Å². The first kappa shape index (κ1) is 66.9. The van der Waals surface area contributed by atoms with Crippen LogP contribution in [-0.2, 0) is 28.6 Å². The fourth-order valence-electron chi connectivity index (χ4n) is 9.25. The molecule has 0 aromatic carbocycles. The van der Waals surface area contributed by atoms with Crippen molar-refractivity contribution in [2.24, 2.45) is 0 Å². The van der Waals surface area contributed by atoms with Gasteiger partial charge in [-0.1, -0.05) is 283 Å². The second kappa shape index (κ2) is 58.5. The Labute approximate surface area is 430 Å². The Balaban J connectivity index is 4.24. The maximum Gasteiger partial charge on any atom is 0.306 e. The molecule has 406 valence electrons. The van der Waals surface area contributed by atoms with Crippen LogP contribution in [0.4, 0.5) is 0 Å². The lowest BCUT2D eigenvalue weighted by Crippen LogP contribution is -2.30. The first-order chi connectivity index (χ1) is 34.0. The normalized spacial score (nSPS) is 12.1. The minimum Gasteiger partial charge on any atom is -0.462 e. The van der Waals surface area contributed by atoms with E-state index in [1.807, 2.05) is 0 Å². The zero-order chi connectivity index (χ0) is 50.0. The summed E-state index contributed by atoms with van der Waals surface area (Å²) in [7, 11) is 0. The first-order valence-electron chi connectivity index (χ1n) is 30.8. The van der Waals surface area contributed by atoms with E-state index in [2.05, 4.69) is 45.1 Å². The molecule has 0 N–H and O–H groups in total. The SMILES string of the molecule is CCCC/C=C\CCCCCCCC(=O)OC[C@@H](COC(=O)CCCCCCCCCCCCC/C=C\CCCCCCCC)OC(=O)CCCCCCCCCCCCCCCCCCCCC. The number of hydrogen-bond donors (Lipinski definition) is 0. The monoisotopic (exact) mass is 971 g/mol. The van der Waals surface area contributed by atoms with Crippen LogP contribution < -0.4 is 0 Å². The molecule has 0 aliphatic rings. The number of unbranched alkanes of at least 4 members (excludes halogenated alkanes) is 42. The second-order valence-electron chi connectivity index (χ2n) is 21.0. The molecule has 0 rings (SSSR count). The Hall–Kier alpha value is -2.11. The number of carbonyl (C=O) groups excluding carboxylic acids is 3. The molecule has 0 unspecified atom stereocenters. The van der Waals surface area contributed by atoms with Gasteiger partial charge in [-0.2, -0.15) is 0 Å². The third-order valence-corrected chi connectivity index (χ3v) is 13.9. The maximum absolute atomic E-state index is 12.9. The number of esters is 3. The van der Waals surface area contributed by atoms with E-state index >= 15 is 0 Å². The Kier molecular flexibility index (Phi) is 56.7. The third-order valence-electron chi connectivity index (χ3n) is 13.9. The molecule has 1 atom stereocenters. The maximum atomic E-state index is 12.9. The molecule has 0 spiro atoms. The van der Waals surface area contributed by atoms with Crippen molar-refractivity contribution >= 4 is 17.9 Å². The van der Waals surface area contributed by atoms with Gasteiger partial charge in [0.15, 0.2) is 6.10 Å². The smallest absolute Gasteiger partial charge is 0.306 e. The van der Waals surface area contributed by atoms with Gasteiger partial charge in [0, 0.05) is 19.3 Å². The summed E-state index contributed by atoms with van der Waals surface area (Å²) < 4.78 is 16.9. The highest BCUT2D eigenvalue weighted by atomic mass is 16.6. The second-order valence-corrected chi connectivity index (χ2v) is 21.0. The molecule has 0 saturated heterocycles. The molecule has 0 aromatic rings. The Morgan fingerprint density at radius 1 is 0.275 bits per heavy atom. The number of ether oxygens (including phenoxy) is 3. The quantitative estimate of drug-likeness (QED) is 0.0261. The minimum absolute atomic E-state index is 0.0696. The van der Waals surface area contributed by atoms with E-state index in [0.717, 1.165) is 64.2 Å². The minimum atomic E-state index is -0.771. The average Bonchev–Trinajstić information content (AvgIpc) is 3.35. The zero-order valence-corrected chi connectivity index (χ0v) is 46.6. The third kappa shape index (κ3) is 56.7. The van der Waals surface area contributed by atoms with Crippen LogP contribution in [0.3, 0.4) is 0 Å². The number of allylic oxidation sites excluding steroid dienone is 4. The molecule has 0 amide bonds. The van der Waals surface area contributed by atoms with Gasteiger partial charge < -0.3 is 14.2 Å². The lowest BCUT2D eigenvalue weighted by Gasteiger charge is -2.18. The van der Waals surface area contributed by atoms with E-state index in [4.69, 9.17) is 14.2 Å². The topological polar surface area (TPSA) is 78.9 Å². The van der Waals surface area contributed by atoms with E-state index in [0.29, 0.717) is 19.3 Å². The van der Waals surface area contributed by atoms with E-state index in [1.54, 1.807) is 0 Å². The van der Waals surface area contributed by atoms with Crippen molar-refractivity contribution < 1.29 is 28.6 Å². The molecular formula is C63H118O6. The summed E-state index contributed by atoms with van der Waals surface area (Å²) in [5.74, 6) is -0.857. The highest BCUT2D eigenvalue weighted by Gasteiger charge is 2.19. The van der Waals surface area contributed by atoms with Gasteiger partial charge >= 0.3 is 17.9 Å². The Morgan fingerprint density at radius 3 is 0.768 bits per heavy atom. The van der Waals surface area contributed by atoms with Crippen LogP contribution >= 0.6 is 0 Å². The van der Waals surface area contributed by atoms with Gasteiger partial charge in [-0.3, -0.25) is 14.4 Å². The van der Waals surface area contributed by atoms with Crippen molar-refractivity contribution in [1.82, 2.24) is 0 Å². The lowest BCUT2D eigenvalue weighted by molar-refractivity contribution is -0.167. The summed E-state index contributed by atoms with van der Waals surface area (Å²) in [5.41, 5.74) is 0. The molecule has 0 aliphatic heterocycles. The molecule has 0 aromatic heterocycles. The van der Waals surface area contributed by atoms with E-state index in [1.165, 1.54) is 238 Å². The number of carbonyl (C=O) groups is 3. The zero-order valence-electron chi connectivity index (χ0n) is 46.6. The Bertz CT molecular complexity index is 1110. The van der Waals surface area contributed by atoms with E-state index in [-0.39, 0.29) is 31.1 Å². The fourth-order valence-corrected chi connectivity index (χ4v) is 9.25. The van der Waals surface area contributed by atoms with Crippen LogP contribution in [0, 0.1) is 0 Å². The van der Waals surface area contributed by atoms with Crippen LogP contribution in [0.2, 0.25) is 0 Å². The molecule has 0 bridgehead atoms. The van der Waals surface area contributed by atoms with Gasteiger partial charge in [0.25, 0.3) is 0 Å². The summed E-state index contributed by atoms with van der Waals surface area (Å²) in [4.78, 5) is 38.2. The van der Waals surface area contributed by atoms with Crippen molar-refractivity contribution in [1.29, 1.82) is 0 Å². The largest absolute Gasteiger partial charge is 0.462 e. The lowest BCUT2D eigenvalue weighted by atomic mass is 10.0. The van der Waals surface area contributed by atoms with Crippen LogP contribution in [0.1, 0.15) is 342 Å². The fraction of sp³-hybridized carbons (Fsp3) is 0.889. The number of hydrogen-bond acceptors (Lipinski definition) is 6. The van der Waals surface area contributed by atoms with Crippen molar-refractivity contribution in [3.05, 3.63) is 24.3 Å². The van der Waals surface area contributed by atoms with Gasteiger partial charge in [-0.25, -0.2) is 0 Å². The summed E-state index contributed by atoms with van der Waals surface area (Å²) in [6.07, 6.45) is 69.0. The summed E-state index contributed by atoms with van der Waals surface area (Å²) in [6.45, 7) is 6.65. The first-order valence-corrected chi connectivity index (χ1v) is 30.8. The van der Waals surface area contributed by atoms with Gasteiger partial charge in [0.2, 0.25) is 0 Å². The number of rotatable bonds is 57. The summed E-state index contributed by atoms with van der Waals surface area (Å²) in [6, 6.07) is 0. The highest BCUT2D eigenvalue weighted by molar-refractivity contribution is 5.71.